The first-order valence-electron chi connectivity index (χ1n) is 8.83. The lowest BCUT2D eigenvalue weighted by molar-refractivity contribution is 0.0768. The summed E-state index contributed by atoms with van der Waals surface area (Å²) in [7, 11) is 4.49. The number of hydrogen-bond acceptors (Lipinski definition) is 7. The van der Waals surface area contributed by atoms with Gasteiger partial charge in [-0.2, -0.15) is 0 Å². The van der Waals surface area contributed by atoms with E-state index in [1.165, 1.54) is 27.4 Å². The van der Waals surface area contributed by atoms with Crippen molar-refractivity contribution in [1.29, 1.82) is 0 Å². The highest BCUT2D eigenvalue weighted by Crippen LogP contribution is 2.40. The molecule has 3 rings (SSSR count). The summed E-state index contributed by atoms with van der Waals surface area (Å²) in [4.78, 5) is 26.2. The summed E-state index contributed by atoms with van der Waals surface area (Å²) in [6.07, 6.45) is 0.442. The number of benzene rings is 1. The van der Waals surface area contributed by atoms with E-state index in [4.69, 9.17) is 23.4 Å². The zero-order valence-electron chi connectivity index (χ0n) is 16.3. The third-order valence-electron chi connectivity index (χ3n) is 4.54. The lowest BCUT2D eigenvalue weighted by atomic mass is 10.1. The van der Waals surface area contributed by atoms with Crippen LogP contribution in [0.15, 0.2) is 33.5 Å². The molecule has 1 aliphatic rings. The van der Waals surface area contributed by atoms with Crippen LogP contribution in [0.2, 0.25) is 0 Å². The Hall–Kier alpha value is -3.16. The van der Waals surface area contributed by atoms with Gasteiger partial charge in [-0.15, -0.1) is 0 Å². The molecular formula is C20H23NO7. The smallest absolute Gasteiger partial charge is 0.339 e. The fraction of sp³-hybridized carbons (Fsp3) is 0.400. The number of rotatable bonds is 6. The van der Waals surface area contributed by atoms with E-state index in [1.807, 2.05) is 0 Å². The lowest BCUT2D eigenvalue weighted by Gasteiger charge is -2.20. The van der Waals surface area contributed by atoms with Crippen LogP contribution in [0.1, 0.15) is 22.5 Å². The average molecular weight is 389 g/mol. The van der Waals surface area contributed by atoms with E-state index in [0.717, 1.165) is 0 Å². The van der Waals surface area contributed by atoms with Crippen LogP contribution < -0.4 is 24.6 Å². The Labute approximate surface area is 162 Å². The second-order valence-corrected chi connectivity index (χ2v) is 6.38. The molecule has 1 aliphatic heterocycles. The standard InChI is InChI=1S/C20H23NO7/c1-12-9-14(10-17(22)27-12)28-13-7-8-21(11-13)20(23)15-5-6-16(24-2)19(26-4)18(15)25-3/h5-6,9-10,13H,7-8,11H2,1-4H3. The zero-order chi connectivity index (χ0) is 20.3. The largest absolute Gasteiger partial charge is 0.493 e. The van der Waals surface area contributed by atoms with Crippen molar-refractivity contribution in [2.75, 3.05) is 34.4 Å². The minimum Gasteiger partial charge on any atom is -0.493 e. The molecule has 0 aliphatic carbocycles. The second kappa shape index (κ2) is 8.24. The molecule has 0 N–H and O–H groups in total. The van der Waals surface area contributed by atoms with Crippen LogP contribution in [0, 0.1) is 6.92 Å². The highest BCUT2D eigenvalue weighted by atomic mass is 16.5. The van der Waals surface area contributed by atoms with Crippen molar-refractivity contribution in [3.8, 4) is 23.0 Å². The molecule has 150 valence electrons. The molecule has 8 nitrogen and oxygen atoms in total. The number of likely N-dealkylation sites (tertiary alicyclic amines) is 1. The van der Waals surface area contributed by atoms with Crippen LogP contribution in [0.3, 0.4) is 0 Å². The van der Waals surface area contributed by atoms with Gasteiger partial charge in [0.2, 0.25) is 5.75 Å². The van der Waals surface area contributed by atoms with Gasteiger partial charge in [-0.05, 0) is 19.1 Å². The van der Waals surface area contributed by atoms with E-state index in [1.54, 1.807) is 30.0 Å². The fourth-order valence-corrected chi connectivity index (χ4v) is 3.29. The predicted octanol–water partition coefficient (Wildman–Crippen LogP) is 2.27. The van der Waals surface area contributed by atoms with Crippen LogP contribution in [0.5, 0.6) is 23.0 Å². The van der Waals surface area contributed by atoms with Gasteiger partial charge in [-0.25, -0.2) is 4.79 Å². The fourth-order valence-electron chi connectivity index (χ4n) is 3.29. The van der Waals surface area contributed by atoms with Gasteiger partial charge in [0.05, 0.1) is 39.5 Å². The monoisotopic (exact) mass is 389 g/mol. The Morgan fingerprint density at radius 1 is 1.11 bits per heavy atom. The molecule has 0 bridgehead atoms. The Kier molecular flexibility index (Phi) is 5.77. The minimum atomic E-state index is -0.462. The normalized spacial score (nSPS) is 16.0. The average Bonchev–Trinajstić information content (AvgIpc) is 3.13. The van der Waals surface area contributed by atoms with Crippen LogP contribution in [-0.2, 0) is 0 Å². The highest BCUT2D eigenvalue weighted by Gasteiger charge is 2.31. The number of carbonyl (C=O) groups is 1. The third-order valence-corrected chi connectivity index (χ3v) is 4.54. The molecule has 28 heavy (non-hydrogen) atoms. The molecule has 8 heteroatoms. The number of methoxy groups -OCH3 is 3. The Balaban J connectivity index is 1.76. The predicted molar refractivity (Wildman–Crippen MR) is 101 cm³/mol. The molecule has 0 saturated carbocycles. The molecule has 1 amide bonds. The summed E-state index contributed by atoms with van der Waals surface area (Å²) >= 11 is 0. The molecule has 1 fully saturated rings. The van der Waals surface area contributed by atoms with Gasteiger partial charge in [-0.3, -0.25) is 4.79 Å². The third kappa shape index (κ3) is 3.90. The maximum atomic E-state index is 13.0. The summed E-state index contributed by atoms with van der Waals surface area (Å²) in [5.74, 6) is 1.91. The Bertz CT molecular complexity index is 921. The molecule has 1 aromatic heterocycles. The van der Waals surface area contributed by atoms with Gasteiger partial charge in [-0.1, -0.05) is 0 Å². The van der Waals surface area contributed by atoms with Gasteiger partial charge in [0.15, 0.2) is 11.5 Å². The number of amides is 1. The highest BCUT2D eigenvalue weighted by molar-refractivity contribution is 5.98. The van der Waals surface area contributed by atoms with Gasteiger partial charge in [0.25, 0.3) is 5.91 Å². The summed E-state index contributed by atoms with van der Waals surface area (Å²) in [5.41, 5.74) is -0.0759. The molecular weight excluding hydrogens is 366 g/mol. The maximum absolute atomic E-state index is 13.0. The molecule has 0 spiro atoms. The van der Waals surface area contributed by atoms with E-state index in [9.17, 15) is 9.59 Å². The first kappa shape index (κ1) is 19.6. The summed E-state index contributed by atoms with van der Waals surface area (Å²) < 4.78 is 26.8. The summed E-state index contributed by atoms with van der Waals surface area (Å²) in [6, 6.07) is 6.28. The van der Waals surface area contributed by atoms with Crippen LogP contribution in [0.25, 0.3) is 0 Å². The van der Waals surface area contributed by atoms with Gasteiger partial charge in [0.1, 0.15) is 17.6 Å². The van der Waals surface area contributed by atoms with Crippen molar-refractivity contribution in [1.82, 2.24) is 4.90 Å². The van der Waals surface area contributed by atoms with Gasteiger partial charge in [0, 0.05) is 19.0 Å². The van der Waals surface area contributed by atoms with E-state index in [2.05, 4.69) is 0 Å². The molecule has 1 saturated heterocycles. The molecule has 1 atom stereocenters. The number of carbonyl (C=O) groups excluding carboxylic acids is 1. The lowest BCUT2D eigenvalue weighted by Crippen LogP contribution is -2.31. The van der Waals surface area contributed by atoms with Gasteiger partial charge >= 0.3 is 5.63 Å². The molecule has 2 aromatic rings. The first-order valence-corrected chi connectivity index (χ1v) is 8.83. The van der Waals surface area contributed by atoms with Crippen molar-refractivity contribution >= 4 is 5.91 Å². The van der Waals surface area contributed by atoms with E-state index in [-0.39, 0.29) is 12.0 Å². The van der Waals surface area contributed by atoms with Crippen molar-refractivity contribution in [3.05, 3.63) is 46.0 Å². The summed E-state index contributed by atoms with van der Waals surface area (Å²) in [5, 5.41) is 0. The van der Waals surface area contributed by atoms with Crippen LogP contribution in [-0.4, -0.2) is 51.3 Å². The second-order valence-electron chi connectivity index (χ2n) is 6.38. The number of aryl methyl sites for hydroxylation is 1. The molecule has 1 aromatic carbocycles. The Morgan fingerprint density at radius 2 is 1.86 bits per heavy atom. The minimum absolute atomic E-state index is 0.187. The summed E-state index contributed by atoms with van der Waals surface area (Å²) in [6.45, 7) is 2.61. The van der Waals surface area contributed by atoms with Crippen molar-refractivity contribution in [2.45, 2.75) is 19.4 Å². The van der Waals surface area contributed by atoms with E-state index < -0.39 is 5.63 Å². The maximum Gasteiger partial charge on any atom is 0.339 e. The molecule has 2 heterocycles. The van der Waals surface area contributed by atoms with Crippen molar-refractivity contribution in [2.24, 2.45) is 0 Å². The molecule has 0 radical (unpaired) electrons. The topological polar surface area (TPSA) is 87.4 Å². The number of nitrogens with zero attached hydrogens (tertiary/aromatic N) is 1. The number of ether oxygens (including phenoxy) is 4. The van der Waals surface area contributed by atoms with Gasteiger partial charge < -0.3 is 28.3 Å². The quantitative estimate of drug-likeness (QED) is 0.749. The zero-order valence-corrected chi connectivity index (χ0v) is 16.3. The SMILES string of the molecule is COc1ccc(C(=O)N2CCC(Oc3cc(C)oc(=O)c3)C2)c(OC)c1OC. The first-order chi connectivity index (χ1) is 13.5. The Morgan fingerprint density at radius 3 is 2.50 bits per heavy atom. The van der Waals surface area contributed by atoms with Crippen LogP contribution >= 0.6 is 0 Å². The molecule has 1 unspecified atom stereocenters. The van der Waals surface area contributed by atoms with Crippen molar-refractivity contribution < 1.29 is 28.2 Å². The number of hydrogen-bond donors (Lipinski definition) is 0. The van der Waals surface area contributed by atoms with E-state index >= 15 is 0 Å². The van der Waals surface area contributed by atoms with Crippen molar-refractivity contribution in [3.63, 3.8) is 0 Å². The van der Waals surface area contributed by atoms with E-state index in [0.29, 0.717) is 53.8 Å². The van der Waals surface area contributed by atoms with Crippen LogP contribution in [0.4, 0.5) is 0 Å².